The van der Waals surface area contributed by atoms with Gasteiger partial charge in [-0.25, -0.2) is 4.98 Å². The lowest BCUT2D eigenvalue weighted by atomic mass is 10.1. The van der Waals surface area contributed by atoms with Gasteiger partial charge in [0.25, 0.3) is 5.91 Å². The van der Waals surface area contributed by atoms with Gasteiger partial charge >= 0.3 is 0 Å². The van der Waals surface area contributed by atoms with Crippen molar-refractivity contribution in [1.82, 2.24) is 4.98 Å². The fourth-order valence-electron chi connectivity index (χ4n) is 3.13. The second-order valence-corrected chi connectivity index (χ2v) is 7.52. The third-order valence-electron chi connectivity index (χ3n) is 4.32. The van der Waals surface area contributed by atoms with Gasteiger partial charge in [0, 0.05) is 16.3 Å². The highest BCUT2D eigenvalue weighted by Gasteiger charge is 2.30. The molecule has 0 radical (unpaired) electrons. The molecule has 1 amide bonds. The molecule has 0 bridgehead atoms. The molecule has 1 aromatic heterocycles. The van der Waals surface area contributed by atoms with Crippen LogP contribution in [0, 0.1) is 0 Å². The number of aromatic nitrogens is 1. The summed E-state index contributed by atoms with van der Waals surface area (Å²) in [4.78, 5) is 18.4. The zero-order valence-corrected chi connectivity index (χ0v) is 14.2. The molecule has 1 N–H and O–H groups in total. The first-order valence-electron chi connectivity index (χ1n) is 7.93. The van der Waals surface area contributed by atoms with Crippen LogP contribution in [0.4, 0.5) is 5.13 Å². The summed E-state index contributed by atoms with van der Waals surface area (Å²) in [7, 11) is 0. The number of aryl methyl sites for hydroxylation is 2. The van der Waals surface area contributed by atoms with E-state index in [2.05, 4.69) is 10.3 Å². The van der Waals surface area contributed by atoms with Crippen LogP contribution in [0.15, 0.2) is 18.2 Å². The molecule has 1 atom stereocenters. The smallest absolute Gasteiger partial charge is 0.267 e. The Kier molecular flexibility index (Phi) is 3.99. The highest BCUT2D eigenvalue weighted by Crippen LogP contribution is 2.33. The van der Waals surface area contributed by atoms with Crippen molar-refractivity contribution in [2.24, 2.45) is 0 Å². The van der Waals surface area contributed by atoms with Crippen LogP contribution in [0.2, 0.25) is 5.02 Å². The van der Waals surface area contributed by atoms with Gasteiger partial charge in [-0.2, -0.15) is 0 Å². The molecule has 0 saturated carbocycles. The molecule has 1 aromatic carbocycles. The lowest BCUT2D eigenvalue weighted by Crippen LogP contribution is -2.31. The van der Waals surface area contributed by atoms with Crippen LogP contribution in [0.5, 0.6) is 5.75 Å². The van der Waals surface area contributed by atoms with E-state index in [1.807, 2.05) is 12.1 Å². The number of carbonyl (C=O) groups is 1. The van der Waals surface area contributed by atoms with Gasteiger partial charge < -0.3 is 4.74 Å². The summed E-state index contributed by atoms with van der Waals surface area (Å²) in [5, 5.41) is 4.28. The zero-order valence-electron chi connectivity index (χ0n) is 12.6. The van der Waals surface area contributed by atoms with E-state index in [4.69, 9.17) is 16.3 Å². The summed E-state index contributed by atoms with van der Waals surface area (Å²) < 4.78 is 5.72. The number of benzene rings is 1. The first-order chi connectivity index (χ1) is 11.2. The van der Waals surface area contributed by atoms with Crippen molar-refractivity contribution < 1.29 is 9.53 Å². The quantitative estimate of drug-likeness (QED) is 0.834. The molecule has 0 fully saturated rings. The Hall–Kier alpha value is -1.59. The van der Waals surface area contributed by atoms with E-state index < -0.39 is 6.10 Å². The topological polar surface area (TPSA) is 51.2 Å². The van der Waals surface area contributed by atoms with Crippen LogP contribution in [-0.4, -0.2) is 17.0 Å². The number of amides is 1. The normalized spacial score (nSPS) is 19.4. The molecule has 4 nitrogen and oxygen atoms in total. The highest BCUT2D eigenvalue weighted by atomic mass is 35.5. The molecule has 2 aliphatic rings. The van der Waals surface area contributed by atoms with Crippen molar-refractivity contribution in [3.8, 4) is 5.75 Å². The average Bonchev–Trinajstić information content (AvgIpc) is 3.05. The monoisotopic (exact) mass is 348 g/mol. The summed E-state index contributed by atoms with van der Waals surface area (Å²) in [6.07, 6.45) is 5.80. The minimum absolute atomic E-state index is 0.138. The maximum absolute atomic E-state index is 12.4. The van der Waals surface area contributed by atoms with Gasteiger partial charge in [0.2, 0.25) is 0 Å². The average molecular weight is 349 g/mol. The number of carbonyl (C=O) groups excluding carboxylic acids is 1. The van der Waals surface area contributed by atoms with Gasteiger partial charge in [0.1, 0.15) is 5.75 Å². The molecule has 0 spiro atoms. The maximum Gasteiger partial charge on any atom is 0.267 e. The Morgan fingerprint density at radius 2 is 2.17 bits per heavy atom. The second kappa shape index (κ2) is 6.13. The van der Waals surface area contributed by atoms with Crippen LogP contribution in [0.1, 0.15) is 35.4 Å². The third kappa shape index (κ3) is 3.08. The molecule has 23 heavy (non-hydrogen) atoms. The third-order valence-corrected chi connectivity index (χ3v) is 5.62. The lowest BCUT2D eigenvalue weighted by Gasteiger charge is -2.09. The van der Waals surface area contributed by atoms with Gasteiger partial charge in [-0.3, -0.25) is 10.1 Å². The van der Waals surface area contributed by atoms with Crippen LogP contribution >= 0.6 is 22.9 Å². The van der Waals surface area contributed by atoms with E-state index in [-0.39, 0.29) is 5.91 Å². The molecule has 4 rings (SSSR count). The highest BCUT2D eigenvalue weighted by molar-refractivity contribution is 7.15. The molecule has 2 heterocycles. The van der Waals surface area contributed by atoms with Gasteiger partial charge in [-0.1, -0.05) is 18.0 Å². The summed E-state index contributed by atoms with van der Waals surface area (Å²) >= 11 is 7.59. The fraction of sp³-hybridized carbons (Fsp3) is 0.412. The minimum Gasteiger partial charge on any atom is -0.480 e. The first kappa shape index (κ1) is 15.0. The minimum atomic E-state index is -0.507. The molecular weight excluding hydrogens is 332 g/mol. The van der Waals surface area contributed by atoms with Gasteiger partial charge in [0.15, 0.2) is 11.2 Å². The Morgan fingerprint density at radius 1 is 1.30 bits per heavy atom. The Labute approximate surface area is 143 Å². The van der Waals surface area contributed by atoms with E-state index in [1.54, 1.807) is 17.4 Å². The van der Waals surface area contributed by atoms with Crippen LogP contribution in [0.3, 0.4) is 0 Å². The van der Waals surface area contributed by atoms with Crippen molar-refractivity contribution in [3.05, 3.63) is 39.4 Å². The Balaban J connectivity index is 1.45. The van der Waals surface area contributed by atoms with E-state index in [0.29, 0.717) is 16.6 Å². The van der Waals surface area contributed by atoms with Crippen molar-refractivity contribution in [1.29, 1.82) is 0 Å². The number of hydrogen-bond acceptors (Lipinski definition) is 4. The summed E-state index contributed by atoms with van der Waals surface area (Å²) in [5.41, 5.74) is 2.14. The van der Waals surface area contributed by atoms with Gasteiger partial charge in [-0.05, 0) is 49.4 Å². The number of nitrogens with zero attached hydrogens (tertiary/aromatic N) is 1. The number of thiazole rings is 1. The standard InChI is InChI=1S/C17H17ClN2O2S/c18-11-6-7-13-10(8-11)9-14(22-13)16(21)20-17-19-12-4-2-1-3-5-15(12)23-17/h6-8,14H,1-5,9H2,(H,19,20,21). The number of nitrogens with one attached hydrogen (secondary N) is 1. The Morgan fingerprint density at radius 3 is 3.09 bits per heavy atom. The summed E-state index contributed by atoms with van der Waals surface area (Å²) in [6.45, 7) is 0. The Bertz CT molecular complexity index is 736. The summed E-state index contributed by atoms with van der Waals surface area (Å²) in [6, 6.07) is 5.45. The SMILES string of the molecule is O=C(Nc1nc2c(s1)CCCCC2)C1Cc2cc(Cl)ccc2O1. The maximum atomic E-state index is 12.4. The fourth-order valence-corrected chi connectivity index (χ4v) is 4.38. The molecule has 6 heteroatoms. The molecule has 120 valence electrons. The van der Waals surface area contributed by atoms with Crippen molar-refractivity contribution in [2.45, 2.75) is 44.6 Å². The van der Waals surface area contributed by atoms with Crippen molar-refractivity contribution in [3.63, 3.8) is 0 Å². The zero-order chi connectivity index (χ0) is 15.8. The lowest BCUT2D eigenvalue weighted by molar-refractivity contribution is -0.122. The van der Waals surface area contributed by atoms with Gasteiger partial charge in [0.05, 0.1) is 5.69 Å². The number of ether oxygens (including phenoxy) is 1. The molecule has 1 unspecified atom stereocenters. The van der Waals surface area contributed by atoms with E-state index in [0.717, 1.165) is 29.8 Å². The van der Waals surface area contributed by atoms with Crippen LogP contribution < -0.4 is 10.1 Å². The molecule has 2 aromatic rings. The van der Waals surface area contributed by atoms with Gasteiger partial charge in [-0.15, -0.1) is 11.3 Å². The van der Waals surface area contributed by atoms with Crippen molar-refractivity contribution >= 4 is 34.0 Å². The number of rotatable bonds is 2. The summed E-state index contributed by atoms with van der Waals surface area (Å²) in [5.74, 6) is 0.603. The number of fused-ring (bicyclic) bond motifs is 2. The molecule has 1 aliphatic carbocycles. The van der Waals surface area contributed by atoms with E-state index >= 15 is 0 Å². The number of anilines is 1. The van der Waals surface area contributed by atoms with Crippen molar-refractivity contribution in [2.75, 3.05) is 5.32 Å². The number of halogens is 1. The van der Waals surface area contributed by atoms with Crippen LogP contribution in [0.25, 0.3) is 0 Å². The molecule has 0 saturated heterocycles. The first-order valence-corrected chi connectivity index (χ1v) is 9.13. The van der Waals surface area contributed by atoms with Crippen LogP contribution in [-0.2, 0) is 24.1 Å². The van der Waals surface area contributed by atoms with E-state index in [9.17, 15) is 4.79 Å². The predicted octanol–water partition coefficient (Wildman–Crippen LogP) is 4.01. The molecular formula is C17H17ClN2O2S. The van der Waals surface area contributed by atoms with E-state index in [1.165, 1.54) is 24.1 Å². The second-order valence-electron chi connectivity index (χ2n) is 6.00. The molecule has 1 aliphatic heterocycles. The predicted molar refractivity (Wildman–Crippen MR) is 91.6 cm³/mol. The largest absolute Gasteiger partial charge is 0.480 e. The number of hydrogen-bond donors (Lipinski definition) is 1.